The Kier molecular flexibility index (Phi) is 19.3. The maximum Gasteiger partial charge on any atom is 0.0949 e. The molecule has 0 saturated heterocycles. The lowest BCUT2D eigenvalue weighted by Crippen LogP contribution is -1.99. The highest BCUT2D eigenvalue weighted by Crippen LogP contribution is 2.38. The molecule has 0 bridgehead atoms. The first kappa shape index (κ1) is 35.4. The van der Waals surface area contributed by atoms with Crippen molar-refractivity contribution in [1.29, 1.82) is 0 Å². The van der Waals surface area contributed by atoms with Gasteiger partial charge in [-0.05, 0) is 71.9 Å². The highest BCUT2D eigenvalue weighted by atomic mass is 79.9. The number of hydrogen-bond acceptors (Lipinski definition) is 1. The van der Waals surface area contributed by atoms with Crippen LogP contribution in [0.3, 0.4) is 0 Å². The maximum absolute atomic E-state index is 5.90. The summed E-state index contributed by atoms with van der Waals surface area (Å²) in [5.41, 5.74) is 8.00. The van der Waals surface area contributed by atoms with E-state index in [1.54, 1.807) is 0 Å². The van der Waals surface area contributed by atoms with E-state index in [0.717, 1.165) is 38.9 Å². The summed E-state index contributed by atoms with van der Waals surface area (Å²) in [7, 11) is 0. The van der Waals surface area contributed by atoms with Crippen LogP contribution in [0.2, 0.25) is 0 Å². The van der Waals surface area contributed by atoms with Crippen molar-refractivity contribution in [2.45, 2.75) is 79.2 Å². The van der Waals surface area contributed by atoms with E-state index in [0.29, 0.717) is 0 Å². The van der Waals surface area contributed by atoms with E-state index >= 15 is 0 Å². The lowest BCUT2D eigenvalue weighted by molar-refractivity contribution is 0.125. The quantitative estimate of drug-likeness (QED) is 0.107. The normalized spacial score (nSPS) is 12.0. The Labute approximate surface area is 290 Å². The van der Waals surface area contributed by atoms with E-state index < -0.39 is 0 Å². The second-order valence-corrected chi connectivity index (χ2v) is 21.3. The predicted molar refractivity (Wildman–Crippen MR) is 190 cm³/mol. The number of rotatable bonds is 18. The van der Waals surface area contributed by atoms with Gasteiger partial charge in [-0.3, -0.25) is 0 Å². The zero-order chi connectivity index (χ0) is 27.2. The highest BCUT2D eigenvalue weighted by Gasteiger charge is 2.13. The number of hydrogen-bond donors (Lipinski definition) is 0. The Hall–Kier alpha value is 2.24. The van der Waals surface area contributed by atoms with Crippen molar-refractivity contribution in [3.63, 3.8) is 0 Å². The lowest BCUT2D eigenvalue weighted by Gasteiger charge is -2.14. The van der Waals surface area contributed by atoms with Gasteiger partial charge < -0.3 is 4.74 Å². The second kappa shape index (κ2) is 20.2. The SMILES string of the molecule is BrC(Br)c1ccc(C(Br)Br)c(CCCCCCOCCCCCCc2cc(C(Br)Br)ccc2C(Br)Br)c1. The molecule has 0 radical (unpaired) electrons. The first-order chi connectivity index (χ1) is 17.7. The monoisotopic (exact) mass is 1020 g/mol. The minimum absolute atomic E-state index is 0.196. The Morgan fingerprint density at radius 3 is 1.19 bits per heavy atom. The molecule has 208 valence electrons. The van der Waals surface area contributed by atoms with E-state index in [4.69, 9.17) is 4.74 Å². The fourth-order valence-electron chi connectivity index (χ4n) is 4.23. The van der Waals surface area contributed by atoms with Crippen LogP contribution in [0.1, 0.15) is 99.7 Å². The average molecular weight is 1030 g/mol. The molecule has 0 amide bonds. The first-order valence-electron chi connectivity index (χ1n) is 12.7. The molecule has 0 atom stereocenters. The molecule has 0 spiro atoms. The van der Waals surface area contributed by atoms with Gasteiger partial charge in [-0.1, -0.05) is 190 Å². The predicted octanol–water partition coefficient (Wildman–Crippen LogP) is 13.8. The first-order valence-corrected chi connectivity index (χ1v) is 20.0. The number of benzene rings is 2. The van der Waals surface area contributed by atoms with Gasteiger partial charge in [0.25, 0.3) is 0 Å². The lowest BCUT2D eigenvalue weighted by atomic mass is 9.99. The molecule has 9 heteroatoms. The molecular formula is C28H34Br8O. The van der Waals surface area contributed by atoms with Crippen molar-refractivity contribution >= 4 is 127 Å². The zero-order valence-corrected chi connectivity index (χ0v) is 33.4. The molecule has 2 rings (SSSR count). The molecule has 0 saturated carbocycles. The molecule has 2 aromatic rings. The maximum atomic E-state index is 5.90. The van der Waals surface area contributed by atoms with Crippen LogP contribution in [0.5, 0.6) is 0 Å². The Morgan fingerprint density at radius 2 is 0.838 bits per heavy atom. The molecule has 0 heterocycles. The largest absolute Gasteiger partial charge is 0.381 e. The van der Waals surface area contributed by atoms with Gasteiger partial charge in [0.2, 0.25) is 0 Å². The summed E-state index contributed by atoms with van der Waals surface area (Å²) in [6, 6.07) is 13.4. The second-order valence-electron chi connectivity index (χ2n) is 9.06. The third-order valence-electron chi connectivity index (χ3n) is 6.28. The van der Waals surface area contributed by atoms with Crippen molar-refractivity contribution in [2.75, 3.05) is 13.2 Å². The van der Waals surface area contributed by atoms with Gasteiger partial charge in [-0.2, -0.15) is 0 Å². The molecule has 0 N–H and O–H groups in total. The number of ether oxygens (including phenoxy) is 1. The zero-order valence-electron chi connectivity index (χ0n) is 20.7. The molecule has 2 aromatic carbocycles. The van der Waals surface area contributed by atoms with E-state index in [1.807, 2.05) is 0 Å². The fourth-order valence-corrected chi connectivity index (χ4v) is 7.16. The molecule has 1 nitrogen and oxygen atoms in total. The Bertz CT molecular complexity index is 844. The molecule has 37 heavy (non-hydrogen) atoms. The summed E-state index contributed by atoms with van der Waals surface area (Å²) in [5, 5.41) is 0. The van der Waals surface area contributed by atoms with Crippen molar-refractivity contribution in [3.05, 3.63) is 69.8 Å². The van der Waals surface area contributed by atoms with Crippen molar-refractivity contribution in [2.24, 2.45) is 0 Å². The van der Waals surface area contributed by atoms with Crippen LogP contribution in [0.15, 0.2) is 36.4 Å². The molecule has 0 unspecified atom stereocenters. The van der Waals surface area contributed by atoms with Gasteiger partial charge in [0.05, 0.1) is 14.9 Å². The summed E-state index contributed by atoms with van der Waals surface area (Å²) in [6.07, 6.45) is 11.9. The van der Waals surface area contributed by atoms with E-state index in [1.165, 1.54) is 71.9 Å². The van der Waals surface area contributed by atoms with Crippen molar-refractivity contribution in [3.8, 4) is 0 Å². The average Bonchev–Trinajstić information content (AvgIpc) is 2.86. The van der Waals surface area contributed by atoms with Gasteiger partial charge in [-0.15, -0.1) is 0 Å². The van der Waals surface area contributed by atoms with Gasteiger partial charge in [0, 0.05) is 13.2 Å². The van der Waals surface area contributed by atoms with Crippen molar-refractivity contribution in [1.82, 2.24) is 0 Å². The molecular weight excluding hydrogens is 992 g/mol. The van der Waals surface area contributed by atoms with Crippen LogP contribution in [0, 0.1) is 0 Å². The van der Waals surface area contributed by atoms with E-state index in [-0.39, 0.29) is 14.9 Å². The Morgan fingerprint density at radius 1 is 0.459 bits per heavy atom. The van der Waals surface area contributed by atoms with Crippen LogP contribution in [0.4, 0.5) is 0 Å². The standard InChI is InChI=1S/C28H34Br8O/c29-25(30)21-11-13-23(27(33)34)19(17-21)9-5-1-3-7-15-37-16-8-4-2-6-10-20-18-22(26(31)32)12-14-24(20)28(35)36/h11-14,17-18,25-28H,1-10,15-16H2. The minimum atomic E-state index is 0.196. The van der Waals surface area contributed by atoms with Crippen LogP contribution in [0.25, 0.3) is 0 Å². The molecule has 0 aromatic heterocycles. The third kappa shape index (κ3) is 13.8. The van der Waals surface area contributed by atoms with E-state index in [2.05, 4.69) is 164 Å². The number of halogens is 8. The molecule has 0 fully saturated rings. The third-order valence-corrected chi connectivity index (χ3v) is 10.4. The van der Waals surface area contributed by atoms with Crippen molar-refractivity contribution < 1.29 is 4.74 Å². The topological polar surface area (TPSA) is 9.23 Å². The van der Waals surface area contributed by atoms with E-state index in [9.17, 15) is 0 Å². The highest BCUT2D eigenvalue weighted by molar-refractivity contribution is 9.25. The van der Waals surface area contributed by atoms with Gasteiger partial charge in [0.15, 0.2) is 0 Å². The summed E-state index contributed by atoms with van der Waals surface area (Å²) in [6.45, 7) is 1.77. The number of unbranched alkanes of at least 4 members (excludes halogenated alkanes) is 6. The molecule has 0 aliphatic heterocycles. The smallest absolute Gasteiger partial charge is 0.0949 e. The number of alkyl halides is 8. The molecule has 0 aliphatic rings. The van der Waals surface area contributed by atoms with Crippen LogP contribution < -0.4 is 0 Å². The summed E-state index contributed by atoms with van der Waals surface area (Å²) >= 11 is 29.1. The van der Waals surface area contributed by atoms with Crippen LogP contribution in [-0.2, 0) is 17.6 Å². The van der Waals surface area contributed by atoms with Gasteiger partial charge >= 0.3 is 0 Å². The molecule has 0 aliphatic carbocycles. The summed E-state index contributed by atoms with van der Waals surface area (Å²) in [5.74, 6) is 0. The minimum Gasteiger partial charge on any atom is -0.381 e. The summed E-state index contributed by atoms with van der Waals surface area (Å²) in [4.78, 5) is 0. The number of aryl methyl sites for hydroxylation is 2. The fraction of sp³-hybridized carbons (Fsp3) is 0.571. The van der Waals surface area contributed by atoms with Crippen LogP contribution in [-0.4, -0.2) is 13.2 Å². The van der Waals surface area contributed by atoms with Gasteiger partial charge in [-0.25, -0.2) is 0 Å². The Balaban J connectivity index is 1.54. The summed E-state index contributed by atoms with van der Waals surface area (Å²) < 4.78 is 6.69. The van der Waals surface area contributed by atoms with Crippen LogP contribution >= 0.6 is 127 Å². The van der Waals surface area contributed by atoms with Gasteiger partial charge in [0.1, 0.15) is 0 Å².